The summed E-state index contributed by atoms with van der Waals surface area (Å²) in [5.74, 6) is -0.422. The van der Waals surface area contributed by atoms with E-state index < -0.39 is 9.05 Å². The van der Waals surface area contributed by atoms with Crippen molar-refractivity contribution in [2.24, 2.45) is 5.92 Å². The van der Waals surface area contributed by atoms with Crippen molar-refractivity contribution < 1.29 is 13.2 Å². The summed E-state index contributed by atoms with van der Waals surface area (Å²) in [7, 11) is 1.68. The minimum Gasteiger partial charge on any atom is -0.338 e. The third-order valence-corrected chi connectivity index (χ3v) is 5.61. The molecule has 1 saturated heterocycles. The van der Waals surface area contributed by atoms with Crippen LogP contribution >= 0.6 is 42.5 Å². The summed E-state index contributed by atoms with van der Waals surface area (Å²) >= 11 is 6.84. The Bertz CT molecular complexity index is 636. The Morgan fingerprint density at radius 3 is 2.70 bits per heavy atom. The summed E-state index contributed by atoms with van der Waals surface area (Å²) in [4.78, 5) is 13.6. The molecule has 0 saturated carbocycles. The predicted molar refractivity (Wildman–Crippen MR) is 85.0 cm³/mol. The molecular weight excluding hydrogens is 433 g/mol. The Hall–Kier alpha value is -0.110. The maximum absolute atomic E-state index is 11.9. The number of carbonyl (C=O) groups excluding carboxylic acids is 1. The van der Waals surface area contributed by atoms with E-state index in [4.69, 9.17) is 10.7 Å². The molecule has 20 heavy (non-hydrogen) atoms. The van der Waals surface area contributed by atoms with E-state index in [2.05, 4.69) is 31.9 Å². The number of amides is 1. The number of benzene rings is 1. The third-order valence-electron chi connectivity index (χ3n) is 3.10. The van der Waals surface area contributed by atoms with E-state index >= 15 is 0 Å². The average molecular weight is 446 g/mol. The van der Waals surface area contributed by atoms with Gasteiger partial charge in [0.05, 0.1) is 5.75 Å². The molecule has 1 aliphatic heterocycles. The summed E-state index contributed by atoms with van der Waals surface area (Å²) in [5.41, 5.74) is 0.974. The first-order valence-corrected chi connectivity index (χ1v) is 9.95. The van der Waals surface area contributed by atoms with E-state index in [0.29, 0.717) is 13.1 Å². The molecule has 0 aromatic heterocycles. The molecule has 0 radical (unpaired) electrons. The molecule has 8 heteroatoms. The van der Waals surface area contributed by atoms with Gasteiger partial charge in [0.15, 0.2) is 0 Å². The normalized spacial score (nSPS) is 19.6. The Morgan fingerprint density at radius 2 is 2.05 bits per heavy atom. The highest BCUT2D eigenvalue weighted by Crippen LogP contribution is 2.27. The van der Waals surface area contributed by atoms with Gasteiger partial charge in [-0.2, -0.15) is 0 Å². The van der Waals surface area contributed by atoms with Crippen LogP contribution in [0.3, 0.4) is 0 Å². The van der Waals surface area contributed by atoms with E-state index in [9.17, 15) is 13.2 Å². The second kappa shape index (κ2) is 6.34. The molecule has 2 rings (SSSR count). The van der Waals surface area contributed by atoms with Crippen LogP contribution in [-0.4, -0.2) is 31.5 Å². The van der Waals surface area contributed by atoms with Crippen LogP contribution in [-0.2, 0) is 20.4 Å². The zero-order chi connectivity index (χ0) is 14.9. The maximum Gasteiger partial charge on any atom is 0.232 e. The van der Waals surface area contributed by atoms with Crippen molar-refractivity contribution in [3.63, 3.8) is 0 Å². The fourth-order valence-corrected chi connectivity index (χ4v) is 4.37. The lowest BCUT2D eigenvalue weighted by molar-refractivity contribution is -0.128. The van der Waals surface area contributed by atoms with Crippen molar-refractivity contribution in [3.8, 4) is 0 Å². The number of rotatable bonds is 4. The average Bonchev–Trinajstić information content (AvgIpc) is 2.62. The Balaban J connectivity index is 2.07. The molecule has 1 unspecified atom stereocenters. The predicted octanol–water partition coefficient (Wildman–Crippen LogP) is 3.13. The minimum atomic E-state index is -3.57. The van der Waals surface area contributed by atoms with Gasteiger partial charge in [0.1, 0.15) is 0 Å². The highest BCUT2D eigenvalue weighted by atomic mass is 79.9. The van der Waals surface area contributed by atoms with Crippen LogP contribution in [0.25, 0.3) is 0 Å². The first kappa shape index (κ1) is 16.3. The number of carbonyl (C=O) groups is 1. The number of hydrogen-bond donors (Lipinski definition) is 0. The zero-order valence-electron chi connectivity index (χ0n) is 10.4. The van der Waals surface area contributed by atoms with Gasteiger partial charge in [-0.15, -0.1) is 0 Å². The third kappa shape index (κ3) is 4.44. The Kier molecular flexibility index (Phi) is 5.15. The molecule has 1 heterocycles. The van der Waals surface area contributed by atoms with Crippen molar-refractivity contribution >= 4 is 57.5 Å². The van der Waals surface area contributed by atoms with Crippen molar-refractivity contribution in [3.05, 3.63) is 32.7 Å². The van der Waals surface area contributed by atoms with Gasteiger partial charge in [-0.3, -0.25) is 4.79 Å². The second-order valence-corrected chi connectivity index (χ2v) is 9.38. The zero-order valence-corrected chi connectivity index (χ0v) is 15.1. The first-order chi connectivity index (χ1) is 9.24. The Morgan fingerprint density at radius 1 is 1.35 bits per heavy atom. The summed E-state index contributed by atoms with van der Waals surface area (Å²) in [6.07, 6.45) is 0.234. The summed E-state index contributed by atoms with van der Waals surface area (Å²) < 4.78 is 24.0. The molecule has 1 aliphatic rings. The van der Waals surface area contributed by atoms with Gasteiger partial charge < -0.3 is 4.90 Å². The number of likely N-dealkylation sites (tertiary alicyclic amines) is 1. The number of halogens is 3. The van der Waals surface area contributed by atoms with E-state index in [-0.39, 0.29) is 24.0 Å². The summed E-state index contributed by atoms with van der Waals surface area (Å²) in [6, 6.07) is 5.74. The lowest BCUT2D eigenvalue weighted by Gasteiger charge is -2.17. The highest BCUT2D eigenvalue weighted by Gasteiger charge is 2.32. The highest BCUT2D eigenvalue weighted by molar-refractivity contribution is 9.11. The van der Waals surface area contributed by atoms with Crippen molar-refractivity contribution in [1.29, 1.82) is 0 Å². The molecule has 0 aliphatic carbocycles. The number of nitrogens with zero attached hydrogens (tertiary/aromatic N) is 1. The van der Waals surface area contributed by atoms with Crippen LogP contribution in [0.5, 0.6) is 0 Å². The Labute approximate surface area is 139 Å². The van der Waals surface area contributed by atoms with Crippen molar-refractivity contribution in [2.75, 3.05) is 12.3 Å². The molecule has 1 fully saturated rings. The summed E-state index contributed by atoms with van der Waals surface area (Å²) in [6.45, 7) is 0.876. The lowest BCUT2D eigenvalue weighted by atomic mass is 10.1. The van der Waals surface area contributed by atoms with E-state index in [0.717, 1.165) is 14.5 Å². The molecule has 1 aromatic rings. The van der Waals surface area contributed by atoms with Crippen LogP contribution in [0.15, 0.2) is 27.1 Å². The molecular formula is C12H12Br2ClNO3S. The standard InChI is InChI=1S/C12H12Br2ClNO3S/c13-10-1-2-11(14)9(4-10)6-16-5-8(3-12(16)17)7-20(15,18)19/h1-2,4,8H,3,5-7H2. The minimum absolute atomic E-state index is 0.0396. The van der Waals surface area contributed by atoms with Crippen molar-refractivity contribution in [1.82, 2.24) is 4.90 Å². The van der Waals surface area contributed by atoms with Gasteiger partial charge in [0.2, 0.25) is 15.0 Å². The van der Waals surface area contributed by atoms with Gasteiger partial charge >= 0.3 is 0 Å². The van der Waals surface area contributed by atoms with Gasteiger partial charge in [-0.05, 0) is 23.8 Å². The van der Waals surface area contributed by atoms with Gasteiger partial charge in [-0.25, -0.2) is 8.42 Å². The topological polar surface area (TPSA) is 54.5 Å². The number of hydrogen-bond acceptors (Lipinski definition) is 3. The molecule has 0 spiro atoms. The molecule has 1 amide bonds. The maximum atomic E-state index is 11.9. The molecule has 1 atom stereocenters. The van der Waals surface area contributed by atoms with Gasteiger partial charge in [0.25, 0.3) is 0 Å². The fourth-order valence-electron chi connectivity index (χ4n) is 2.27. The molecule has 4 nitrogen and oxygen atoms in total. The van der Waals surface area contributed by atoms with Crippen molar-refractivity contribution in [2.45, 2.75) is 13.0 Å². The monoisotopic (exact) mass is 443 g/mol. The van der Waals surface area contributed by atoms with Crippen LogP contribution in [0.1, 0.15) is 12.0 Å². The molecule has 0 N–H and O–H groups in total. The quantitative estimate of drug-likeness (QED) is 0.669. The molecule has 0 bridgehead atoms. The van der Waals surface area contributed by atoms with Crippen LogP contribution in [0.2, 0.25) is 0 Å². The molecule has 110 valence electrons. The lowest BCUT2D eigenvalue weighted by Crippen LogP contribution is -2.25. The smallest absolute Gasteiger partial charge is 0.232 e. The largest absolute Gasteiger partial charge is 0.338 e. The van der Waals surface area contributed by atoms with E-state index in [1.54, 1.807) is 4.90 Å². The van der Waals surface area contributed by atoms with Crippen LogP contribution in [0.4, 0.5) is 0 Å². The van der Waals surface area contributed by atoms with Crippen LogP contribution < -0.4 is 0 Å². The van der Waals surface area contributed by atoms with Crippen LogP contribution in [0, 0.1) is 5.92 Å². The first-order valence-electron chi connectivity index (χ1n) is 5.88. The summed E-state index contributed by atoms with van der Waals surface area (Å²) in [5, 5.41) is 0. The fraction of sp³-hybridized carbons (Fsp3) is 0.417. The van der Waals surface area contributed by atoms with Gasteiger partial charge in [-0.1, -0.05) is 31.9 Å². The SMILES string of the molecule is O=C1CC(CS(=O)(=O)Cl)CN1Cc1cc(Br)ccc1Br. The second-order valence-electron chi connectivity index (χ2n) is 4.79. The van der Waals surface area contributed by atoms with E-state index in [1.807, 2.05) is 18.2 Å². The van der Waals surface area contributed by atoms with E-state index in [1.165, 1.54) is 0 Å². The molecule has 1 aromatic carbocycles. The van der Waals surface area contributed by atoms with Gasteiger partial charge in [0, 0.05) is 45.1 Å².